The number of Topliss-reactive ketones (excluding diaryl/α,β-unsaturated/α-hetero) is 1. The third-order valence-electron chi connectivity index (χ3n) is 3.30. The Balaban J connectivity index is 2.18. The van der Waals surface area contributed by atoms with Gasteiger partial charge in [-0.1, -0.05) is 29.8 Å². The standard InChI is InChI=1S/C17H14ClNO3/c1-2-5-11(17(21)22)10-16(20)15-9-8-14(19-15)12-6-3-4-7-13(12)18/h1,3-4,6-9,11,19H,5,10H2,(H,21,22)/t11-/m1/s1. The first-order chi connectivity index (χ1) is 10.5. The van der Waals surface area contributed by atoms with Crippen LogP contribution in [0.15, 0.2) is 36.4 Å². The maximum absolute atomic E-state index is 12.2. The Morgan fingerprint density at radius 2 is 2.00 bits per heavy atom. The smallest absolute Gasteiger partial charge is 0.307 e. The van der Waals surface area contributed by atoms with Gasteiger partial charge in [-0.25, -0.2) is 0 Å². The van der Waals surface area contributed by atoms with Crippen LogP contribution in [0.25, 0.3) is 11.3 Å². The van der Waals surface area contributed by atoms with Gasteiger partial charge < -0.3 is 10.1 Å². The summed E-state index contributed by atoms with van der Waals surface area (Å²) in [7, 11) is 0. The van der Waals surface area contributed by atoms with Crippen molar-refractivity contribution in [3.63, 3.8) is 0 Å². The highest BCUT2D eigenvalue weighted by Crippen LogP contribution is 2.27. The SMILES string of the molecule is C#CC[C@H](CC(=O)c1ccc(-c2ccccc2Cl)[nH]1)C(=O)O. The maximum atomic E-state index is 12.2. The summed E-state index contributed by atoms with van der Waals surface area (Å²) in [6, 6.07) is 10.6. The van der Waals surface area contributed by atoms with E-state index in [0.29, 0.717) is 16.4 Å². The van der Waals surface area contributed by atoms with Gasteiger partial charge in [0.25, 0.3) is 0 Å². The lowest BCUT2D eigenvalue weighted by molar-refractivity contribution is -0.141. The number of aromatic nitrogens is 1. The number of H-pyrrole nitrogens is 1. The molecule has 1 aromatic heterocycles. The van der Waals surface area contributed by atoms with Crippen LogP contribution in [0, 0.1) is 18.3 Å². The van der Waals surface area contributed by atoms with Gasteiger partial charge in [-0.2, -0.15) is 0 Å². The second kappa shape index (κ2) is 6.97. The van der Waals surface area contributed by atoms with Gasteiger partial charge in [0.1, 0.15) is 0 Å². The van der Waals surface area contributed by atoms with Crippen LogP contribution in [0.3, 0.4) is 0 Å². The zero-order valence-electron chi connectivity index (χ0n) is 11.7. The second-order valence-corrected chi connectivity index (χ2v) is 5.24. The van der Waals surface area contributed by atoms with Gasteiger partial charge in [-0.05, 0) is 18.2 Å². The van der Waals surface area contributed by atoms with Crippen LogP contribution in [0.4, 0.5) is 0 Å². The molecule has 1 atom stereocenters. The van der Waals surface area contributed by atoms with Crippen LogP contribution >= 0.6 is 11.6 Å². The summed E-state index contributed by atoms with van der Waals surface area (Å²) in [5, 5.41) is 9.61. The molecule has 0 amide bonds. The average molecular weight is 316 g/mol. The first kappa shape index (κ1) is 15.9. The number of carboxylic acid groups (broad SMARTS) is 1. The van der Waals surface area contributed by atoms with Crippen molar-refractivity contribution in [2.24, 2.45) is 5.92 Å². The van der Waals surface area contributed by atoms with Crippen molar-refractivity contribution in [2.75, 3.05) is 0 Å². The van der Waals surface area contributed by atoms with E-state index in [-0.39, 0.29) is 18.6 Å². The van der Waals surface area contributed by atoms with Crippen LogP contribution in [0.5, 0.6) is 0 Å². The lowest BCUT2D eigenvalue weighted by Crippen LogP contribution is -2.17. The van der Waals surface area contributed by atoms with Gasteiger partial charge >= 0.3 is 5.97 Å². The van der Waals surface area contributed by atoms with Crippen molar-refractivity contribution < 1.29 is 14.7 Å². The molecule has 0 aliphatic rings. The minimum atomic E-state index is -1.07. The predicted octanol–water partition coefficient (Wildman–Crippen LogP) is 3.63. The molecule has 0 fully saturated rings. The van der Waals surface area contributed by atoms with Crippen LogP contribution < -0.4 is 0 Å². The Kier molecular flexibility index (Phi) is 5.03. The number of halogens is 1. The zero-order valence-corrected chi connectivity index (χ0v) is 12.4. The number of benzene rings is 1. The van der Waals surface area contributed by atoms with Crippen LogP contribution in [-0.4, -0.2) is 21.8 Å². The fourth-order valence-electron chi connectivity index (χ4n) is 2.12. The summed E-state index contributed by atoms with van der Waals surface area (Å²) < 4.78 is 0. The molecule has 1 aromatic carbocycles. The summed E-state index contributed by atoms with van der Waals surface area (Å²) in [5.41, 5.74) is 1.83. The molecule has 0 radical (unpaired) electrons. The number of carboxylic acids is 1. The Labute approximate surface area is 133 Å². The average Bonchev–Trinajstić information content (AvgIpc) is 2.96. The monoisotopic (exact) mass is 315 g/mol. The number of hydrogen-bond acceptors (Lipinski definition) is 2. The number of carbonyl (C=O) groups is 2. The predicted molar refractivity (Wildman–Crippen MR) is 84.8 cm³/mol. The van der Waals surface area contributed by atoms with E-state index in [1.54, 1.807) is 18.2 Å². The fraction of sp³-hybridized carbons (Fsp3) is 0.176. The zero-order chi connectivity index (χ0) is 16.1. The van der Waals surface area contributed by atoms with Crippen molar-refractivity contribution in [2.45, 2.75) is 12.8 Å². The van der Waals surface area contributed by atoms with Crippen LogP contribution in [0.1, 0.15) is 23.3 Å². The minimum Gasteiger partial charge on any atom is -0.481 e. The van der Waals surface area contributed by atoms with Crippen molar-refractivity contribution in [1.82, 2.24) is 4.98 Å². The van der Waals surface area contributed by atoms with Crippen molar-refractivity contribution in [3.05, 3.63) is 47.1 Å². The number of hydrogen-bond donors (Lipinski definition) is 2. The lowest BCUT2D eigenvalue weighted by Gasteiger charge is -2.07. The first-order valence-electron chi connectivity index (χ1n) is 6.66. The molecule has 4 nitrogen and oxygen atoms in total. The summed E-state index contributed by atoms with van der Waals surface area (Å²) in [5.74, 6) is 0.0566. The number of rotatable bonds is 6. The third-order valence-corrected chi connectivity index (χ3v) is 3.63. The van der Waals surface area contributed by atoms with E-state index in [1.807, 2.05) is 18.2 Å². The Hall–Kier alpha value is -2.51. The molecule has 112 valence electrons. The van der Waals surface area contributed by atoms with E-state index in [2.05, 4.69) is 10.9 Å². The highest BCUT2D eigenvalue weighted by Gasteiger charge is 2.22. The van der Waals surface area contributed by atoms with Crippen molar-refractivity contribution in [1.29, 1.82) is 0 Å². The molecule has 2 aromatic rings. The van der Waals surface area contributed by atoms with Gasteiger partial charge in [-0.15, -0.1) is 12.3 Å². The summed E-state index contributed by atoms with van der Waals surface area (Å²) in [6.45, 7) is 0. The van der Waals surface area contributed by atoms with E-state index in [1.165, 1.54) is 0 Å². The summed E-state index contributed by atoms with van der Waals surface area (Å²) in [4.78, 5) is 26.2. The fourth-order valence-corrected chi connectivity index (χ4v) is 2.35. The Morgan fingerprint density at radius 3 is 2.64 bits per heavy atom. The van der Waals surface area contributed by atoms with Crippen molar-refractivity contribution >= 4 is 23.4 Å². The molecular weight excluding hydrogens is 302 g/mol. The second-order valence-electron chi connectivity index (χ2n) is 4.84. The molecule has 0 spiro atoms. The number of carbonyl (C=O) groups excluding carboxylic acids is 1. The van der Waals surface area contributed by atoms with E-state index in [4.69, 9.17) is 23.1 Å². The summed E-state index contributed by atoms with van der Waals surface area (Å²) in [6.07, 6.45) is 5.02. The molecule has 2 rings (SSSR count). The molecule has 0 saturated carbocycles. The number of nitrogens with one attached hydrogen (secondary N) is 1. The third kappa shape index (κ3) is 3.57. The number of aromatic amines is 1. The number of ketones is 1. The molecule has 1 heterocycles. The molecule has 0 aliphatic carbocycles. The van der Waals surface area contributed by atoms with Gasteiger partial charge in [-0.3, -0.25) is 9.59 Å². The van der Waals surface area contributed by atoms with Gasteiger partial charge in [0.2, 0.25) is 0 Å². The molecule has 5 heteroatoms. The highest BCUT2D eigenvalue weighted by molar-refractivity contribution is 6.33. The molecule has 0 unspecified atom stereocenters. The van der Waals surface area contributed by atoms with Gasteiger partial charge in [0, 0.05) is 29.1 Å². The van der Waals surface area contributed by atoms with E-state index >= 15 is 0 Å². The Morgan fingerprint density at radius 1 is 1.27 bits per heavy atom. The molecular formula is C17H14ClNO3. The van der Waals surface area contributed by atoms with Crippen LogP contribution in [-0.2, 0) is 4.79 Å². The summed E-state index contributed by atoms with van der Waals surface area (Å²) >= 11 is 6.11. The van der Waals surface area contributed by atoms with E-state index in [9.17, 15) is 9.59 Å². The highest BCUT2D eigenvalue weighted by atomic mass is 35.5. The van der Waals surface area contributed by atoms with E-state index < -0.39 is 11.9 Å². The van der Waals surface area contributed by atoms with E-state index in [0.717, 1.165) is 5.56 Å². The normalized spacial score (nSPS) is 11.6. The van der Waals surface area contributed by atoms with Crippen molar-refractivity contribution in [3.8, 4) is 23.6 Å². The molecule has 0 saturated heterocycles. The minimum absolute atomic E-state index is 0.0269. The Bertz CT molecular complexity index is 742. The largest absolute Gasteiger partial charge is 0.481 e. The topological polar surface area (TPSA) is 70.2 Å². The lowest BCUT2D eigenvalue weighted by atomic mass is 9.98. The van der Waals surface area contributed by atoms with Gasteiger partial charge in [0.05, 0.1) is 11.6 Å². The number of aliphatic carboxylic acids is 1. The maximum Gasteiger partial charge on any atom is 0.307 e. The molecule has 0 bridgehead atoms. The quantitative estimate of drug-likeness (QED) is 0.631. The number of terminal acetylenes is 1. The molecule has 22 heavy (non-hydrogen) atoms. The molecule has 2 N–H and O–H groups in total. The van der Waals surface area contributed by atoms with Crippen LogP contribution in [0.2, 0.25) is 5.02 Å². The first-order valence-corrected chi connectivity index (χ1v) is 7.04. The molecule has 0 aliphatic heterocycles. The van der Waals surface area contributed by atoms with Gasteiger partial charge in [0.15, 0.2) is 5.78 Å².